The smallest absolute Gasteiger partial charge is 0.269 e. The van der Waals surface area contributed by atoms with E-state index < -0.39 is 11.9 Å². The van der Waals surface area contributed by atoms with Crippen LogP contribution in [0.1, 0.15) is 16.9 Å². The first-order valence-electron chi connectivity index (χ1n) is 5.46. The molecule has 1 fully saturated rings. The molecule has 2 N–H and O–H groups in total. The van der Waals surface area contributed by atoms with Crippen molar-refractivity contribution in [1.82, 2.24) is 15.6 Å². The summed E-state index contributed by atoms with van der Waals surface area (Å²) in [6.07, 6.45) is 0.813. The second kappa shape index (κ2) is 6.51. The molecule has 1 saturated heterocycles. The molecule has 1 aromatic rings. The molecule has 0 unspecified atom stereocenters. The molecule has 5 nitrogen and oxygen atoms in total. The standard InChI is InChI=1S/C11H14FN3O2.ClH/c1-13-11(16)8-2-3-9(10(12)15-8)17-7-4-5-14-6-7;/h2-3,7,14H,4-6H2,1H3,(H,13,16);1H/t7-;/m1./s1. The molecule has 0 saturated carbocycles. The number of halogens is 2. The Balaban J connectivity index is 0.00000162. The van der Waals surface area contributed by atoms with Crippen molar-refractivity contribution in [3.8, 4) is 5.75 Å². The molecule has 1 aromatic heterocycles. The van der Waals surface area contributed by atoms with Crippen molar-refractivity contribution in [3.05, 3.63) is 23.8 Å². The van der Waals surface area contributed by atoms with Gasteiger partial charge >= 0.3 is 0 Å². The maximum Gasteiger partial charge on any atom is 0.269 e. The summed E-state index contributed by atoms with van der Waals surface area (Å²) in [5.41, 5.74) is 0.0434. The van der Waals surface area contributed by atoms with Crippen LogP contribution >= 0.6 is 12.4 Å². The minimum Gasteiger partial charge on any atom is -0.484 e. The van der Waals surface area contributed by atoms with Gasteiger partial charge in [0.05, 0.1) is 0 Å². The molecular formula is C11H15ClFN3O2. The van der Waals surface area contributed by atoms with Crippen molar-refractivity contribution in [2.24, 2.45) is 0 Å². The molecule has 18 heavy (non-hydrogen) atoms. The average Bonchev–Trinajstić information content (AvgIpc) is 2.83. The predicted octanol–water partition coefficient (Wildman–Crippen LogP) is 0.743. The number of hydrogen-bond acceptors (Lipinski definition) is 4. The Morgan fingerprint density at radius 1 is 1.61 bits per heavy atom. The zero-order chi connectivity index (χ0) is 12.3. The molecular weight excluding hydrogens is 261 g/mol. The zero-order valence-corrected chi connectivity index (χ0v) is 10.7. The highest BCUT2D eigenvalue weighted by atomic mass is 35.5. The molecule has 7 heteroatoms. The van der Waals surface area contributed by atoms with Crippen LogP contribution in [0.15, 0.2) is 12.1 Å². The summed E-state index contributed by atoms with van der Waals surface area (Å²) in [5, 5.41) is 5.50. The molecule has 1 aliphatic heterocycles. The highest BCUT2D eigenvalue weighted by molar-refractivity contribution is 5.92. The molecule has 0 radical (unpaired) electrons. The van der Waals surface area contributed by atoms with Crippen LogP contribution < -0.4 is 15.4 Å². The lowest BCUT2D eigenvalue weighted by Gasteiger charge is -2.12. The highest BCUT2D eigenvalue weighted by Crippen LogP contribution is 2.18. The van der Waals surface area contributed by atoms with E-state index in [9.17, 15) is 9.18 Å². The fourth-order valence-corrected chi connectivity index (χ4v) is 1.67. The van der Waals surface area contributed by atoms with Crippen molar-refractivity contribution in [2.45, 2.75) is 12.5 Å². The number of rotatable bonds is 3. The number of aromatic nitrogens is 1. The van der Waals surface area contributed by atoms with Crippen molar-refractivity contribution in [3.63, 3.8) is 0 Å². The van der Waals surface area contributed by atoms with Crippen LogP contribution in [0.5, 0.6) is 5.75 Å². The minimum absolute atomic E-state index is 0. The number of pyridine rings is 1. The topological polar surface area (TPSA) is 63.2 Å². The van der Waals surface area contributed by atoms with Crippen LogP contribution in [0.2, 0.25) is 0 Å². The van der Waals surface area contributed by atoms with E-state index in [4.69, 9.17) is 4.74 Å². The first-order chi connectivity index (χ1) is 8.20. The maximum atomic E-state index is 13.6. The highest BCUT2D eigenvalue weighted by Gasteiger charge is 2.19. The lowest BCUT2D eigenvalue weighted by atomic mass is 10.3. The number of nitrogens with one attached hydrogen (secondary N) is 2. The van der Waals surface area contributed by atoms with Gasteiger partial charge in [0.1, 0.15) is 11.8 Å². The molecule has 1 atom stereocenters. The molecule has 0 aromatic carbocycles. The third-order valence-electron chi connectivity index (χ3n) is 2.58. The van der Waals surface area contributed by atoms with Crippen LogP contribution in [0.4, 0.5) is 4.39 Å². The molecule has 0 spiro atoms. The van der Waals surface area contributed by atoms with Gasteiger partial charge in [-0.3, -0.25) is 4.79 Å². The second-order valence-corrected chi connectivity index (χ2v) is 3.80. The predicted molar refractivity (Wildman–Crippen MR) is 66.7 cm³/mol. The lowest BCUT2D eigenvalue weighted by molar-refractivity contribution is 0.0956. The number of hydrogen-bond donors (Lipinski definition) is 2. The summed E-state index contributed by atoms with van der Waals surface area (Å²) in [6, 6.07) is 2.88. The maximum absolute atomic E-state index is 13.6. The van der Waals surface area contributed by atoms with Crippen molar-refractivity contribution < 1.29 is 13.9 Å². The Bertz CT molecular complexity index is 425. The average molecular weight is 276 g/mol. The number of nitrogens with zero attached hydrogens (tertiary/aromatic N) is 1. The fourth-order valence-electron chi connectivity index (χ4n) is 1.67. The van der Waals surface area contributed by atoms with E-state index in [2.05, 4.69) is 15.6 Å². The third kappa shape index (κ3) is 3.30. The number of amides is 1. The van der Waals surface area contributed by atoms with Gasteiger partial charge in [0, 0.05) is 13.6 Å². The Labute approximate surface area is 111 Å². The summed E-state index contributed by atoms with van der Waals surface area (Å²) in [5.74, 6) is -1.08. The first kappa shape index (κ1) is 14.7. The van der Waals surface area contributed by atoms with Gasteiger partial charge in [-0.1, -0.05) is 0 Å². The van der Waals surface area contributed by atoms with E-state index in [1.807, 2.05) is 0 Å². The van der Waals surface area contributed by atoms with Gasteiger partial charge in [0.2, 0.25) is 0 Å². The minimum atomic E-state index is -0.752. The molecule has 1 aliphatic rings. The molecule has 0 bridgehead atoms. The Morgan fingerprint density at radius 2 is 2.39 bits per heavy atom. The van der Waals surface area contributed by atoms with Gasteiger partial charge in [-0.25, -0.2) is 4.98 Å². The monoisotopic (exact) mass is 275 g/mol. The van der Waals surface area contributed by atoms with E-state index in [-0.39, 0.29) is 30.0 Å². The quantitative estimate of drug-likeness (QED) is 0.799. The molecule has 2 heterocycles. The first-order valence-corrected chi connectivity index (χ1v) is 5.46. The van der Waals surface area contributed by atoms with Crippen LogP contribution in [0.3, 0.4) is 0 Å². The van der Waals surface area contributed by atoms with Crippen molar-refractivity contribution in [2.75, 3.05) is 20.1 Å². The Morgan fingerprint density at radius 3 is 2.94 bits per heavy atom. The van der Waals surface area contributed by atoms with Gasteiger partial charge in [-0.05, 0) is 25.1 Å². The van der Waals surface area contributed by atoms with Crippen molar-refractivity contribution in [1.29, 1.82) is 0 Å². The van der Waals surface area contributed by atoms with Gasteiger partial charge in [0.15, 0.2) is 5.75 Å². The fraction of sp³-hybridized carbons (Fsp3) is 0.455. The lowest BCUT2D eigenvalue weighted by Crippen LogP contribution is -2.22. The van der Waals surface area contributed by atoms with E-state index >= 15 is 0 Å². The van der Waals surface area contributed by atoms with Gasteiger partial charge in [-0.2, -0.15) is 4.39 Å². The molecule has 2 rings (SSSR count). The van der Waals surface area contributed by atoms with Gasteiger partial charge < -0.3 is 15.4 Å². The number of carbonyl (C=O) groups excluding carboxylic acids is 1. The summed E-state index contributed by atoms with van der Waals surface area (Å²) in [6.45, 7) is 1.58. The summed E-state index contributed by atoms with van der Waals surface area (Å²) in [7, 11) is 1.47. The molecule has 100 valence electrons. The van der Waals surface area contributed by atoms with Crippen molar-refractivity contribution >= 4 is 18.3 Å². The zero-order valence-electron chi connectivity index (χ0n) is 9.90. The van der Waals surface area contributed by atoms with E-state index in [1.54, 1.807) is 0 Å². The Kier molecular flexibility index (Phi) is 5.30. The molecule has 1 amide bonds. The third-order valence-corrected chi connectivity index (χ3v) is 2.58. The Hall–Kier alpha value is -1.40. The largest absolute Gasteiger partial charge is 0.484 e. The van der Waals surface area contributed by atoms with Crippen LogP contribution in [0, 0.1) is 5.95 Å². The van der Waals surface area contributed by atoms with Crippen LogP contribution in [-0.2, 0) is 0 Å². The van der Waals surface area contributed by atoms with Crippen LogP contribution in [-0.4, -0.2) is 37.1 Å². The number of carbonyl (C=O) groups is 1. The van der Waals surface area contributed by atoms with E-state index in [0.29, 0.717) is 6.54 Å². The number of ether oxygens (including phenoxy) is 1. The van der Waals surface area contributed by atoms with Gasteiger partial charge in [0.25, 0.3) is 11.9 Å². The summed E-state index contributed by atoms with van der Waals surface area (Å²) >= 11 is 0. The second-order valence-electron chi connectivity index (χ2n) is 3.80. The van der Waals surface area contributed by atoms with Gasteiger partial charge in [-0.15, -0.1) is 12.4 Å². The molecule has 0 aliphatic carbocycles. The van der Waals surface area contributed by atoms with E-state index in [1.165, 1.54) is 19.2 Å². The van der Waals surface area contributed by atoms with E-state index in [0.717, 1.165) is 13.0 Å². The van der Waals surface area contributed by atoms with Crippen LogP contribution in [0.25, 0.3) is 0 Å². The normalized spacial score (nSPS) is 18.0. The summed E-state index contributed by atoms with van der Waals surface area (Å²) < 4.78 is 19.0. The summed E-state index contributed by atoms with van der Waals surface area (Å²) in [4.78, 5) is 14.8. The SMILES string of the molecule is CNC(=O)c1ccc(O[C@@H]2CCNC2)c(F)n1.Cl.